The third-order valence-electron chi connectivity index (χ3n) is 5.60. The van der Waals surface area contributed by atoms with Crippen molar-refractivity contribution >= 4 is 0 Å². The molecule has 2 aliphatic carbocycles. The smallest absolute Gasteiger partial charge is 0.0678 e. The molecule has 0 aromatic rings. The lowest BCUT2D eigenvalue weighted by molar-refractivity contribution is -0.0697. The molecule has 4 heteroatoms. The topological polar surface area (TPSA) is 44.7 Å². The highest BCUT2D eigenvalue weighted by Crippen LogP contribution is 2.40. The van der Waals surface area contributed by atoms with Crippen LogP contribution in [0.4, 0.5) is 0 Å². The SMILES string of the molecule is C[C@@H]1CN(CCC2CCCC2(CO)NC2CC2)C[C@H](C)O1. The highest BCUT2D eigenvalue weighted by Gasteiger charge is 2.45. The highest BCUT2D eigenvalue weighted by molar-refractivity contribution is 5.03. The summed E-state index contributed by atoms with van der Waals surface area (Å²) in [5.74, 6) is 0.636. The van der Waals surface area contributed by atoms with Crippen molar-refractivity contribution in [2.45, 2.75) is 76.2 Å². The Labute approximate surface area is 129 Å². The van der Waals surface area contributed by atoms with Crippen molar-refractivity contribution in [3.05, 3.63) is 0 Å². The largest absolute Gasteiger partial charge is 0.394 e. The van der Waals surface area contributed by atoms with Crippen LogP contribution in [0.3, 0.4) is 0 Å². The van der Waals surface area contributed by atoms with Crippen molar-refractivity contribution in [2.24, 2.45) is 5.92 Å². The highest BCUT2D eigenvalue weighted by atomic mass is 16.5. The standard InChI is InChI=1S/C17H32N2O2/c1-13-10-19(11-14(2)21-13)9-7-15-4-3-8-17(15,12-20)18-16-5-6-16/h13-16,18,20H,3-12H2,1-2H3/t13-,14+,15?,17?. The average molecular weight is 296 g/mol. The van der Waals surface area contributed by atoms with Gasteiger partial charge in [-0.15, -0.1) is 0 Å². The summed E-state index contributed by atoms with van der Waals surface area (Å²) in [6.07, 6.45) is 8.20. The van der Waals surface area contributed by atoms with E-state index in [1.165, 1.54) is 32.1 Å². The van der Waals surface area contributed by atoms with Crippen molar-refractivity contribution in [1.29, 1.82) is 0 Å². The van der Waals surface area contributed by atoms with Crippen molar-refractivity contribution in [3.8, 4) is 0 Å². The van der Waals surface area contributed by atoms with Gasteiger partial charge in [0.15, 0.2) is 0 Å². The van der Waals surface area contributed by atoms with E-state index < -0.39 is 0 Å². The Balaban J connectivity index is 1.53. The number of nitrogens with one attached hydrogen (secondary N) is 1. The molecule has 0 aromatic carbocycles. The fourth-order valence-electron chi connectivity index (χ4n) is 4.45. The monoisotopic (exact) mass is 296 g/mol. The molecule has 2 saturated carbocycles. The maximum absolute atomic E-state index is 9.99. The summed E-state index contributed by atoms with van der Waals surface area (Å²) >= 11 is 0. The Bertz CT molecular complexity index is 338. The maximum Gasteiger partial charge on any atom is 0.0678 e. The second-order valence-corrected chi connectivity index (χ2v) is 7.63. The van der Waals surface area contributed by atoms with Gasteiger partial charge in [-0.05, 0) is 58.4 Å². The number of aliphatic hydroxyl groups is 1. The van der Waals surface area contributed by atoms with Crippen LogP contribution < -0.4 is 5.32 Å². The molecular weight excluding hydrogens is 264 g/mol. The predicted molar refractivity (Wildman–Crippen MR) is 84.4 cm³/mol. The lowest BCUT2D eigenvalue weighted by Gasteiger charge is -2.39. The quantitative estimate of drug-likeness (QED) is 0.784. The van der Waals surface area contributed by atoms with E-state index in [-0.39, 0.29) is 5.54 Å². The second kappa shape index (κ2) is 6.53. The molecule has 1 heterocycles. The summed E-state index contributed by atoms with van der Waals surface area (Å²) in [5.41, 5.74) is 0.0185. The van der Waals surface area contributed by atoms with Crippen molar-refractivity contribution in [1.82, 2.24) is 10.2 Å². The molecule has 1 aliphatic heterocycles. The molecule has 2 unspecified atom stereocenters. The van der Waals surface area contributed by atoms with Crippen LogP contribution in [0.1, 0.15) is 52.4 Å². The molecule has 0 spiro atoms. The Morgan fingerprint density at radius 2 is 1.90 bits per heavy atom. The van der Waals surface area contributed by atoms with Crippen LogP contribution in [0.5, 0.6) is 0 Å². The summed E-state index contributed by atoms with van der Waals surface area (Å²) in [6, 6.07) is 0.682. The Morgan fingerprint density at radius 1 is 1.19 bits per heavy atom. The molecule has 2 N–H and O–H groups in total. The zero-order chi connectivity index (χ0) is 14.9. The molecule has 0 amide bonds. The minimum Gasteiger partial charge on any atom is -0.394 e. The van der Waals surface area contributed by atoms with Gasteiger partial charge >= 0.3 is 0 Å². The van der Waals surface area contributed by atoms with E-state index in [1.807, 2.05) is 0 Å². The summed E-state index contributed by atoms with van der Waals surface area (Å²) in [7, 11) is 0. The molecule has 3 aliphatic rings. The molecule has 0 radical (unpaired) electrons. The maximum atomic E-state index is 9.99. The zero-order valence-electron chi connectivity index (χ0n) is 13.7. The molecule has 122 valence electrons. The van der Waals surface area contributed by atoms with Crippen LogP contribution in [0.25, 0.3) is 0 Å². The number of aliphatic hydroxyl groups excluding tert-OH is 1. The van der Waals surface area contributed by atoms with Crippen molar-refractivity contribution in [3.63, 3.8) is 0 Å². The third-order valence-corrected chi connectivity index (χ3v) is 5.60. The Morgan fingerprint density at radius 3 is 2.52 bits per heavy atom. The van der Waals surface area contributed by atoms with E-state index in [0.717, 1.165) is 26.1 Å². The molecule has 4 atom stereocenters. The van der Waals surface area contributed by atoms with Gasteiger partial charge in [0.05, 0.1) is 18.8 Å². The second-order valence-electron chi connectivity index (χ2n) is 7.63. The fraction of sp³-hybridized carbons (Fsp3) is 1.00. The van der Waals surface area contributed by atoms with Gasteiger partial charge in [-0.2, -0.15) is 0 Å². The molecule has 0 bridgehead atoms. The molecule has 1 saturated heterocycles. The van der Waals surface area contributed by atoms with Gasteiger partial charge in [-0.3, -0.25) is 4.90 Å². The number of hydrogen-bond acceptors (Lipinski definition) is 4. The zero-order valence-corrected chi connectivity index (χ0v) is 13.7. The first-order valence-corrected chi connectivity index (χ1v) is 8.87. The normalized spacial score (nSPS) is 41.6. The van der Waals surface area contributed by atoms with Crippen LogP contribution in [0.2, 0.25) is 0 Å². The summed E-state index contributed by atoms with van der Waals surface area (Å²) in [5, 5.41) is 13.8. The molecule has 3 fully saturated rings. The Kier molecular flexibility index (Phi) is 4.89. The van der Waals surface area contributed by atoms with Gasteiger partial charge in [0, 0.05) is 24.7 Å². The predicted octanol–water partition coefficient (Wildman–Crippen LogP) is 1.77. The molecule has 21 heavy (non-hydrogen) atoms. The van der Waals surface area contributed by atoms with Gasteiger partial charge in [-0.1, -0.05) is 6.42 Å². The summed E-state index contributed by atoms with van der Waals surface area (Å²) in [4.78, 5) is 2.55. The molecule has 0 aromatic heterocycles. The first-order valence-electron chi connectivity index (χ1n) is 8.87. The summed E-state index contributed by atoms with van der Waals surface area (Å²) < 4.78 is 5.82. The van der Waals surface area contributed by atoms with E-state index in [9.17, 15) is 5.11 Å². The van der Waals surface area contributed by atoms with Gasteiger partial charge in [-0.25, -0.2) is 0 Å². The fourth-order valence-corrected chi connectivity index (χ4v) is 4.45. The van der Waals surface area contributed by atoms with Gasteiger partial charge in [0.2, 0.25) is 0 Å². The van der Waals surface area contributed by atoms with Gasteiger partial charge in [0.1, 0.15) is 0 Å². The van der Waals surface area contributed by atoms with Crippen LogP contribution in [-0.2, 0) is 4.74 Å². The number of rotatable bonds is 6. The summed E-state index contributed by atoms with van der Waals surface area (Å²) in [6.45, 7) is 7.91. The molecular formula is C17H32N2O2. The number of hydrogen-bond donors (Lipinski definition) is 2. The Hall–Kier alpha value is -0.160. The minimum absolute atomic E-state index is 0.0185. The van der Waals surface area contributed by atoms with E-state index in [2.05, 4.69) is 24.1 Å². The lowest BCUT2D eigenvalue weighted by Crippen LogP contribution is -2.53. The molecule has 4 nitrogen and oxygen atoms in total. The minimum atomic E-state index is 0.0185. The van der Waals surface area contributed by atoms with Crippen LogP contribution in [0.15, 0.2) is 0 Å². The van der Waals surface area contributed by atoms with Gasteiger partial charge in [0.25, 0.3) is 0 Å². The average Bonchev–Trinajstić information content (AvgIpc) is 3.15. The van der Waals surface area contributed by atoms with Crippen LogP contribution in [0, 0.1) is 5.92 Å². The van der Waals surface area contributed by atoms with Crippen LogP contribution >= 0.6 is 0 Å². The number of nitrogens with zero attached hydrogens (tertiary/aromatic N) is 1. The third kappa shape index (κ3) is 3.79. The number of morpholine rings is 1. The first kappa shape index (κ1) is 15.7. The van der Waals surface area contributed by atoms with E-state index >= 15 is 0 Å². The van der Waals surface area contributed by atoms with E-state index in [4.69, 9.17) is 4.74 Å². The van der Waals surface area contributed by atoms with E-state index in [1.54, 1.807) is 0 Å². The number of ether oxygens (including phenoxy) is 1. The van der Waals surface area contributed by atoms with Crippen molar-refractivity contribution < 1.29 is 9.84 Å². The van der Waals surface area contributed by atoms with Gasteiger partial charge < -0.3 is 15.2 Å². The van der Waals surface area contributed by atoms with Crippen LogP contribution in [-0.4, -0.2) is 60.0 Å². The lowest BCUT2D eigenvalue weighted by atomic mass is 9.85. The first-order chi connectivity index (χ1) is 10.1. The van der Waals surface area contributed by atoms with Crippen molar-refractivity contribution in [2.75, 3.05) is 26.2 Å². The molecule has 3 rings (SSSR count). The van der Waals surface area contributed by atoms with E-state index in [0.29, 0.717) is 30.8 Å².